The number of nitrogens with one attached hydrogen (secondary N) is 1. The Balaban J connectivity index is 2.12. The zero-order valence-electron chi connectivity index (χ0n) is 11.5. The van der Waals surface area contributed by atoms with Crippen molar-refractivity contribution < 1.29 is 4.74 Å². The van der Waals surface area contributed by atoms with Gasteiger partial charge in [-0.15, -0.1) is 0 Å². The first-order valence-electron chi connectivity index (χ1n) is 6.58. The quantitative estimate of drug-likeness (QED) is 0.718. The smallest absolute Gasteiger partial charge is 0.219 e. The van der Waals surface area contributed by atoms with Crippen LogP contribution in [0.3, 0.4) is 0 Å². The summed E-state index contributed by atoms with van der Waals surface area (Å²) in [4.78, 5) is 4.16. The van der Waals surface area contributed by atoms with Crippen LogP contribution in [0.2, 0.25) is 15.1 Å². The van der Waals surface area contributed by atoms with E-state index in [-0.39, 0.29) is 0 Å². The molecule has 0 bridgehead atoms. The molecule has 0 saturated carbocycles. The average molecular weight is 346 g/mol. The lowest BCUT2D eigenvalue weighted by molar-refractivity contribution is 0.462. The predicted molar refractivity (Wildman–Crippen MR) is 87.8 cm³/mol. The van der Waals surface area contributed by atoms with Crippen LogP contribution in [0.5, 0.6) is 11.6 Å². The fraction of sp³-hybridized carbons (Fsp3) is 0.267. The van der Waals surface area contributed by atoms with E-state index in [1.165, 1.54) is 0 Å². The van der Waals surface area contributed by atoms with Gasteiger partial charge in [0.1, 0.15) is 5.75 Å². The van der Waals surface area contributed by atoms with Gasteiger partial charge in [-0.1, -0.05) is 41.7 Å². The molecule has 0 aliphatic heterocycles. The number of rotatable bonds is 6. The summed E-state index contributed by atoms with van der Waals surface area (Å²) in [6.07, 6.45) is 2.65. The topological polar surface area (TPSA) is 34.1 Å². The van der Waals surface area contributed by atoms with Gasteiger partial charge in [0.25, 0.3) is 0 Å². The highest BCUT2D eigenvalue weighted by atomic mass is 35.5. The zero-order valence-corrected chi connectivity index (χ0v) is 13.8. The lowest BCUT2D eigenvalue weighted by Gasteiger charge is -2.09. The number of ether oxygens (including phenoxy) is 1. The van der Waals surface area contributed by atoms with E-state index in [0.717, 1.165) is 18.5 Å². The van der Waals surface area contributed by atoms with Crippen LogP contribution in [-0.2, 0) is 6.54 Å². The molecule has 112 valence electrons. The largest absolute Gasteiger partial charge is 0.439 e. The Labute approximate surface area is 139 Å². The lowest BCUT2D eigenvalue weighted by Crippen LogP contribution is -2.14. The molecule has 0 amide bonds. The summed E-state index contributed by atoms with van der Waals surface area (Å²) < 4.78 is 5.68. The second-order valence-electron chi connectivity index (χ2n) is 4.47. The number of halogens is 3. The molecule has 0 radical (unpaired) electrons. The SMILES string of the molecule is CCCNCc1cc(Oc2ccc(Cl)c(Cl)c2)ncc1Cl. The van der Waals surface area contributed by atoms with Gasteiger partial charge in [0.2, 0.25) is 5.88 Å². The van der Waals surface area contributed by atoms with Gasteiger partial charge < -0.3 is 10.1 Å². The van der Waals surface area contributed by atoms with Gasteiger partial charge >= 0.3 is 0 Å². The van der Waals surface area contributed by atoms with Crippen molar-refractivity contribution in [1.29, 1.82) is 0 Å². The number of hydrogen-bond acceptors (Lipinski definition) is 3. The number of aromatic nitrogens is 1. The first kappa shape index (κ1) is 16.4. The van der Waals surface area contributed by atoms with Crippen LogP contribution in [0.4, 0.5) is 0 Å². The molecule has 2 aromatic rings. The van der Waals surface area contributed by atoms with E-state index >= 15 is 0 Å². The fourth-order valence-corrected chi connectivity index (χ4v) is 2.17. The van der Waals surface area contributed by atoms with E-state index in [1.807, 2.05) is 6.07 Å². The summed E-state index contributed by atoms with van der Waals surface area (Å²) in [5.41, 5.74) is 0.940. The van der Waals surface area contributed by atoms with Crippen LogP contribution in [0.15, 0.2) is 30.5 Å². The van der Waals surface area contributed by atoms with Crippen LogP contribution in [0.25, 0.3) is 0 Å². The second-order valence-corrected chi connectivity index (χ2v) is 5.69. The molecule has 0 spiro atoms. The maximum Gasteiger partial charge on any atom is 0.219 e. The molecule has 21 heavy (non-hydrogen) atoms. The predicted octanol–water partition coefficient (Wildman–Crippen LogP) is 5.33. The van der Waals surface area contributed by atoms with Gasteiger partial charge in [0, 0.05) is 24.9 Å². The monoisotopic (exact) mass is 344 g/mol. The molecule has 0 fully saturated rings. The molecule has 0 aliphatic carbocycles. The minimum atomic E-state index is 0.438. The lowest BCUT2D eigenvalue weighted by atomic mass is 10.2. The van der Waals surface area contributed by atoms with E-state index in [9.17, 15) is 0 Å². The van der Waals surface area contributed by atoms with Crippen LogP contribution in [-0.4, -0.2) is 11.5 Å². The molecule has 0 aliphatic rings. The first-order valence-corrected chi connectivity index (χ1v) is 7.71. The second kappa shape index (κ2) is 7.85. The Bertz CT molecular complexity index is 620. The number of hydrogen-bond donors (Lipinski definition) is 1. The van der Waals surface area contributed by atoms with Crippen molar-refractivity contribution in [2.45, 2.75) is 19.9 Å². The molecule has 0 atom stereocenters. The summed E-state index contributed by atoms with van der Waals surface area (Å²) >= 11 is 18.0. The van der Waals surface area contributed by atoms with E-state index in [0.29, 0.717) is 33.2 Å². The van der Waals surface area contributed by atoms with Crippen molar-refractivity contribution in [2.75, 3.05) is 6.54 Å². The summed E-state index contributed by atoms with van der Waals surface area (Å²) in [6.45, 7) is 3.72. The Morgan fingerprint density at radius 2 is 1.90 bits per heavy atom. The molecular formula is C15H15Cl3N2O. The summed E-state index contributed by atoms with van der Waals surface area (Å²) in [7, 11) is 0. The molecular weight excluding hydrogens is 331 g/mol. The van der Waals surface area contributed by atoms with Gasteiger partial charge in [-0.3, -0.25) is 0 Å². The number of nitrogens with zero attached hydrogens (tertiary/aromatic N) is 1. The summed E-state index contributed by atoms with van der Waals surface area (Å²) in [5.74, 6) is 1.04. The minimum Gasteiger partial charge on any atom is -0.439 e. The van der Waals surface area contributed by atoms with Crippen LogP contribution < -0.4 is 10.1 Å². The molecule has 1 N–H and O–H groups in total. The molecule has 0 unspecified atom stereocenters. The Morgan fingerprint density at radius 3 is 2.62 bits per heavy atom. The third-order valence-electron chi connectivity index (χ3n) is 2.77. The average Bonchev–Trinajstić information content (AvgIpc) is 2.46. The summed E-state index contributed by atoms with van der Waals surface area (Å²) in [5, 5.41) is 4.83. The maximum absolute atomic E-state index is 6.13. The molecule has 6 heteroatoms. The van der Waals surface area contributed by atoms with Crippen molar-refractivity contribution in [3.63, 3.8) is 0 Å². The minimum absolute atomic E-state index is 0.438. The van der Waals surface area contributed by atoms with Crippen LogP contribution in [0.1, 0.15) is 18.9 Å². The molecule has 1 aromatic heterocycles. The number of pyridine rings is 1. The Kier molecular flexibility index (Phi) is 6.12. The van der Waals surface area contributed by atoms with Crippen molar-refractivity contribution >= 4 is 34.8 Å². The van der Waals surface area contributed by atoms with Crippen molar-refractivity contribution in [3.05, 3.63) is 51.1 Å². The third-order valence-corrected chi connectivity index (χ3v) is 3.84. The molecule has 0 saturated heterocycles. The van der Waals surface area contributed by atoms with Crippen molar-refractivity contribution in [1.82, 2.24) is 10.3 Å². The highest BCUT2D eigenvalue weighted by Crippen LogP contribution is 2.29. The fourth-order valence-electron chi connectivity index (χ4n) is 1.71. The van der Waals surface area contributed by atoms with E-state index in [1.54, 1.807) is 24.4 Å². The highest BCUT2D eigenvalue weighted by molar-refractivity contribution is 6.42. The molecule has 1 heterocycles. The van der Waals surface area contributed by atoms with Gasteiger partial charge in [-0.2, -0.15) is 0 Å². The van der Waals surface area contributed by atoms with Crippen molar-refractivity contribution in [3.8, 4) is 11.6 Å². The molecule has 1 aromatic carbocycles. The van der Waals surface area contributed by atoms with Gasteiger partial charge in [0.15, 0.2) is 0 Å². The maximum atomic E-state index is 6.13. The Hall–Kier alpha value is -1.00. The van der Waals surface area contributed by atoms with Crippen LogP contribution >= 0.6 is 34.8 Å². The highest BCUT2D eigenvalue weighted by Gasteiger charge is 2.07. The van der Waals surface area contributed by atoms with Gasteiger partial charge in [-0.25, -0.2) is 4.98 Å². The summed E-state index contributed by atoms with van der Waals surface area (Å²) in [6, 6.07) is 6.88. The van der Waals surface area contributed by atoms with E-state index in [2.05, 4.69) is 17.2 Å². The third kappa shape index (κ3) is 4.75. The molecule has 3 nitrogen and oxygen atoms in total. The Morgan fingerprint density at radius 1 is 1.10 bits per heavy atom. The standard InChI is InChI=1S/C15H15Cl3N2O/c1-2-5-19-8-10-6-15(20-9-14(10)18)21-11-3-4-12(16)13(17)7-11/h3-4,6-7,9,19H,2,5,8H2,1H3. The normalized spacial score (nSPS) is 10.7. The zero-order chi connectivity index (χ0) is 15.2. The first-order chi connectivity index (χ1) is 10.1. The number of benzene rings is 1. The van der Waals surface area contributed by atoms with Gasteiger partial charge in [0.05, 0.1) is 15.1 Å². The van der Waals surface area contributed by atoms with Gasteiger partial charge in [-0.05, 0) is 30.7 Å². The van der Waals surface area contributed by atoms with Crippen LogP contribution in [0, 0.1) is 0 Å². The van der Waals surface area contributed by atoms with E-state index in [4.69, 9.17) is 39.5 Å². The molecule has 2 rings (SSSR count). The van der Waals surface area contributed by atoms with Crippen molar-refractivity contribution in [2.24, 2.45) is 0 Å². The van der Waals surface area contributed by atoms with E-state index < -0.39 is 0 Å².